The minimum Gasteiger partial charge on any atom is -0.444 e. The van der Waals surface area contributed by atoms with Crippen molar-refractivity contribution in [2.24, 2.45) is 5.73 Å². The highest BCUT2D eigenvalue weighted by Crippen LogP contribution is 2.21. The Morgan fingerprint density at radius 1 is 1.50 bits per heavy atom. The molecule has 1 saturated heterocycles. The van der Waals surface area contributed by atoms with Gasteiger partial charge in [0.05, 0.1) is 19.3 Å². The maximum atomic E-state index is 11.7. The molecular weight excluding hydrogens is 208 g/mol. The van der Waals surface area contributed by atoms with Crippen molar-refractivity contribution in [3.05, 3.63) is 0 Å². The maximum absolute atomic E-state index is 11.7. The van der Waals surface area contributed by atoms with Crippen LogP contribution in [0.1, 0.15) is 27.2 Å². The van der Waals surface area contributed by atoms with E-state index >= 15 is 0 Å². The molecule has 0 aromatic carbocycles. The molecule has 5 heteroatoms. The lowest BCUT2D eigenvalue weighted by molar-refractivity contribution is -0.0273. The van der Waals surface area contributed by atoms with Crippen LogP contribution < -0.4 is 5.73 Å². The molecule has 2 N–H and O–H groups in total. The van der Waals surface area contributed by atoms with Crippen LogP contribution in [0.15, 0.2) is 0 Å². The van der Waals surface area contributed by atoms with E-state index < -0.39 is 5.60 Å². The number of carbonyl (C=O) groups excluding carboxylic acids is 1. The van der Waals surface area contributed by atoms with Crippen LogP contribution in [0.5, 0.6) is 0 Å². The van der Waals surface area contributed by atoms with Crippen molar-refractivity contribution in [2.45, 2.75) is 38.8 Å². The van der Waals surface area contributed by atoms with Crippen molar-refractivity contribution < 1.29 is 14.3 Å². The lowest BCUT2D eigenvalue weighted by Gasteiger charge is -2.41. The molecule has 0 saturated carbocycles. The van der Waals surface area contributed by atoms with Gasteiger partial charge in [-0.15, -0.1) is 0 Å². The van der Waals surface area contributed by atoms with Crippen LogP contribution in [0.4, 0.5) is 4.79 Å². The average Bonchev–Trinajstić information content (AvgIpc) is 2.07. The molecule has 0 spiro atoms. The molecular formula is C11H22N2O3. The standard InChI is InChI=1S/C11H22N2O3/c1-11(2,3)16-10(14)13-6-4-9(13)8-15-7-5-12/h9H,4-8,12H2,1-3H3. The molecule has 16 heavy (non-hydrogen) atoms. The molecule has 1 rings (SSSR count). The number of nitrogens with zero attached hydrogens (tertiary/aromatic N) is 1. The van der Waals surface area contributed by atoms with Gasteiger partial charge in [0, 0.05) is 13.1 Å². The van der Waals surface area contributed by atoms with Crippen molar-refractivity contribution in [3.8, 4) is 0 Å². The van der Waals surface area contributed by atoms with Crippen LogP contribution in [0.3, 0.4) is 0 Å². The fourth-order valence-electron chi connectivity index (χ4n) is 1.48. The van der Waals surface area contributed by atoms with E-state index in [1.807, 2.05) is 20.8 Å². The number of nitrogens with two attached hydrogens (primary N) is 1. The van der Waals surface area contributed by atoms with Gasteiger partial charge in [-0.3, -0.25) is 0 Å². The maximum Gasteiger partial charge on any atom is 0.410 e. The Hall–Kier alpha value is -0.810. The highest BCUT2D eigenvalue weighted by atomic mass is 16.6. The molecule has 94 valence electrons. The van der Waals surface area contributed by atoms with Crippen LogP contribution in [-0.2, 0) is 9.47 Å². The minimum atomic E-state index is -0.435. The Labute approximate surface area is 96.9 Å². The number of likely N-dealkylation sites (tertiary alicyclic amines) is 1. The van der Waals surface area contributed by atoms with Gasteiger partial charge in [-0.05, 0) is 27.2 Å². The number of hydrogen-bond acceptors (Lipinski definition) is 4. The molecule has 0 aromatic rings. The summed E-state index contributed by atoms with van der Waals surface area (Å²) >= 11 is 0. The van der Waals surface area contributed by atoms with E-state index in [0.717, 1.165) is 13.0 Å². The molecule has 1 fully saturated rings. The molecule has 1 atom stereocenters. The van der Waals surface area contributed by atoms with E-state index in [2.05, 4.69) is 0 Å². The zero-order chi connectivity index (χ0) is 12.2. The zero-order valence-electron chi connectivity index (χ0n) is 10.4. The van der Waals surface area contributed by atoms with Crippen LogP contribution in [0.25, 0.3) is 0 Å². The first kappa shape index (κ1) is 13.3. The molecule has 1 heterocycles. The van der Waals surface area contributed by atoms with Gasteiger partial charge in [-0.2, -0.15) is 0 Å². The molecule has 0 bridgehead atoms. The molecule has 0 aliphatic carbocycles. The second-order valence-electron chi connectivity index (χ2n) is 4.98. The summed E-state index contributed by atoms with van der Waals surface area (Å²) in [6.45, 7) is 7.96. The second kappa shape index (κ2) is 5.50. The number of hydrogen-bond donors (Lipinski definition) is 1. The van der Waals surface area contributed by atoms with E-state index in [1.165, 1.54) is 0 Å². The summed E-state index contributed by atoms with van der Waals surface area (Å²) < 4.78 is 10.6. The van der Waals surface area contributed by atoms with Gasteiger partial charge in [0.2, 0.25) is 0 Å². The fraction of sp³-hybridized carbons (Fsp3) is 0.909. The van der Waals surface area contributed by atoms with Crippen LogP contribution >= 0.6 is 0 Å². The number of amides is 1. The third-order valence-corrected chi connectivity index (χ3v) is 2.34. The summed E-state index contributed by atoms with van der Waals surface area (Å²) in [6.07, 6.45) is 0.726. The first-order chi connectivity index (χ1) is 7.44. The third kappa shape index (κ3) is 3.98. The number of carbonyl (C=O) groups is 1. The van der Waals surface area contributed by atoms with Gasteiger partial charge >= 0.3 is 6.09 Å². The van der Waals surface area contributed by atoms with Crippen LogP contribution in [0.2, 0.25) is 0 Å². The highest BCUT2D eigenvalue weighted by molar-refractivity contribution is 5.69. The summed E-state index contributed by atoms with van der Waals surface area (Å²) in [5.74, 6) is 0. The third-order valence-electron chi connectivity index (χ3n) is 2.34. The Morgan fingerprint density at radius 3 is 2.62 bits per heavy atom. The average molecular weight is 230 g/mol. The van der Waals surface area contributed by atoms with Crippen molar-refractivity contribution >= 4 is 6.09 Å². The van der Waals surface area contributed by atoms with Crippen LogP contribution in [-0.4, -0.2) is 48.9 Å². The number of rotatable bonds is 4. The molecule has 0 aromatic heterocycles. The normalized spacial score (nSPS) is 20.5. The Morgan fingerprint density at radius 2 is 2.19 bits per heavy atom. The SMILES string of the molecule is CC(C)(C)OC(=O)N1CCC1COCCN. The van der Waals surface area contributed by atoms with E-state index in [9.17, 15) is 4.79 Å². The number of ether oxygens (including phenoxy) is 2. The van der Waals surface area contributed by atoms with Gasteiger partial charge < -0.3 is 20.1 Å². The topological polar surface area (TPSA) is 64.8 Å². The lowest BCUT2D eigenvalue weighted by Crippen LogP contribution is -2.54. The lowest BCUT2D eigenvalue weighted by atomic mass is 10.1. The van der Waals surface area contributed by atoms with E-state index in [-0.39, 0.29) is 12.1 Å². The van der Waals surface area contributed by atoms with Crippen molar-refractivity contribution in [3.63, 3.8) is 0 Å². The largest absolute Gasteiger partial charge is 0.444 e. The Kier molecular flexibility index (Phi) is 4.56. The van der Waals surface area contributed by atoms with E-state index in [0.29, 0.717) is 19.8 Å². The molecule has 1 unspecified atom stereocenters. The molecule has 0 radical (unpaired) electrons. The van der Waals surface area contributed by atoms with Crippen LogP contribution in [0, 0.1) is 0 Å². The zero-order valence-corrected chi connectivity index (χ0v) is 10.4. The smallest absolute Gasteiger partial charge is 0.410 e. The van der Waals surface area contributed by atoms with E-state index in [4.69, 9.17) is 15.2 Å². The van der Waals surface area contributed by atoms with E-state index in [1.54, 1.807) is 4.90 Å². The summed E-state index contributed by atoms with van der Waals surface area (Å²) in [5.41, 5.74) is 4.89. The summed E-state index contributed by atoms with van der Waals surface area (Å²) in [7, 11) is 0. The minimum absolute atomic E-state index is 0.154. The predicted molar refractivity (Wildman–Crippen MR) is 61.2 cm³/mol. The van der Waals surface area contributed by atoms with Crippen molar-refractivity contribution in [2.75, 3.05) is 26.3 Å². The van der Waals surface area contributed by atoms with Gasteiger partial charge in [0.25, 0.3) is 0 Å². The fourth-order valence-corrected chi connectivity index (χ4v) is 1.48. The molecule has 1 amide bonds. The van der Waals surface area contributed by atoms with Crippen molar-refractivity contribution in [1.82, 2.24) is 4.90 Å². The Bertz CT molecular complexity index is 238. The summed E-state index contributed by atoms with van der Waals surface area (Å²) in [6, 6.07) is 0.154. The predicted octanol–water partition coefficient (Wildman–Crippen LogP) is 0.971. The van der Waals surface area contributed by atoms with Gasteiger partial charge in [0.15, 0.2) is 0 Å². The first-order valence-electron chi connectivity index (χ1n) is 5.71. The highest BCUT2D eigenvalue weighted by Gasteiger charge is 2.35. The summed E-state index contributed by atoms with van der Waals surface area (Å²) in [4.78, 5) is 13.4. The second-order valence-corrected chi connectivity index (χ2v) is 4.98. The summed E-state index contributed by atoms with van der Waals surface area (Å²) in [5, 5.41) is 0. The first-order valence-corrected chi connectivity index (χ1v) is 5.71. The van der Waals surface area contributed by atoms with Gasteiger partial charge in [-0.1, -0.05) is 0 Å². The molecule has 5 nitrogen and oxygen atoms in total. The monoisotopic (exact) mass is 230 g/mol. The Balaban J connectivity index is 2.29. The molecule has 1 aliphatic rings. The van der Waals surface area contributed by atoms with Gasteiger partial charge in [0.1, 0.15) is 5.60 Å². The van der Waals surface area contributed by atoms with Crippen molar-refractivity contribution in [1.29, 1.82) is 0 Å². The quantitative estimate of drug-likeness (QED) is 0.731. The molecule has 1 aliphatic heterocycles. The van der Waals surface area contributed by atoms with Gasteiger partial charge in [-0.25, -0.2) is 4.79 Å².